The number of carbonyl (C=O) groups is 1. The van der Waals surface area contributed by atoms with Crippen molar-refractivity contribution in [1.29, 1.82) is 0 Å². The molecule has 0 saturated heterocycles. The summed E-state index contributed by atoms with van der Waals surface area (Å²) in [5.41, 5.74) is 6.91. The van der Waals surface area contributed by atoms with Crippen LogP contribution < -0.4 is 5.73 Å². The van der Waals surface area contributed by atoms with E-state index in [0.717, 1.165) is 6.42 Å². The maximum absolute atomic E-state index is 12.2. The summed E-state index contributed by atoms with van der Waals surface area (Å²) in [6, 6.07) is 11.3. The molecule has 0 radical (unpaired) electrons. The third kappa shape index (κ3) is 2.90. The number of hydrogen-bond donors (Lipinski definition) is 1. The van der Waals surface area contributed by atoms with E-state index in [2.05, 4.69) is 6.07 Å². The van der Waals surface area contributed by atoms with Crippen molar-refractivity contribution in [3.8, 4) is 0 Å². The van der Waals surface area contributed by atoms with Crippen LogP contribution in [-0.4, -0.2) is 24.4 Å². The zero-order valence-electron chi connectivity index (χ0n) is 10.3. The topological polar surface area (TPSA) is 46.3 Å². The van der Waals surface area contributed by atoms with Gasteiger partial charge in [0.2, 0.25) is 0 Å². The monoisotopic (exact) mass is 260 g/mol. The van der Waals surface area contributed by atoms with Gasteiger partial charge in [-0.25, -0.2) is 0 Å². The van der Waals surface area contributed by atoms with Crippen LogP contribution in [0.25, 0.3) is 0 Å². The molecule has 0 aliphatic carbocycles. The lowest BCUT2D eigenvalue weighted by molar-refractivity contribution is 0.0798. The Balaban J connectivity index is 1.99. The predicted octanol–water partition coefficient (Wildman–Crippen LogP) is 2.65. The van der Waals surface area contributed by atoms with E-state index in [0.29, 0.717) is 17.8 Å². The first-order valence-corrected chi connectivity index (χ1v) is 6.69. The summed E-state index contributed by atoms with van der Waals surface area (Å²) in [7, 11) is 1.81. The summed E-state index contributed by atoms with van der Waals surface area (Å²) in [5, 5.41) is 2.05. The fourth-order valence-electron chi connectivity index (χ4n) is 1.73. The van der Waals surface area contributed by atoms with Gasteiger partial charge in [0.1, 0.15) is 0 Å². The molecule has 3 nitrogen and oxygen atoms in total. The van der Waals surface area contributed by atoms with Gasteiger partial charge in [-0.15, -0.1) is 11.3 Å². The molecular weight excluding hydrogens is 244 g/mol. The van der Waals surface area contributed by atoms with Crippen LogP contribution in [0, 0.1) is 0 Å². The molecule has 94 valence electrons. The Morgan fingerprint density at radius 2 is 2.06 bits per heavy atom. The highest BCUT2D eigenvalue weighted by atomic mass is 32.1. The highest BCUT2D eigenvalue weighted by Crippen LogP contribution is 2.14. The molecule has 4 heteroatoms. The summed E-state index contributed by atoms with van der Waals surface area (Å²) < 4.78 is 0. The molecule has 0 unspecified atom stereocenters. The predicted molar refractivity (Wildman–Crippen MR) is 75.8 cm³/mol. The van der Waals surface area contributed by atoms with E-state index in [9.17, 15) is 4.79 Å². The number of hydrogen-bond acceptors (Lipinski definition) is 3. The summed E-state index contributed by atoms with van der Waals surface area (Å²) >= 11 is 1.71. The number of carbonyl (C=O) groups excluding carboxylic acids is 1. The molecule has 0 aliphatic rings. The van der Waals surface area contributed by atoms with Crippen molar-refractivity contribution in [3.63, 3.8) is 0 Å². The molecule has 2 rings (SSSR count). The van der Waals surface area contributed by atoms with Gasteiger partial charge < -0.3 is 10.6 Å². The largest absolute Gasteiger partial charge is 0.398 e. The fourth-order valence-corrected chi connectivity index (χ4v) is 2.43. The molecule has 1 aromatic heterocycles. The van der Waals surface area contributed by atoms with Crippen LogP contribution in [0.2, 0.25) is 0 Å². The third-order valence-corrected chi connectivity index (χ3v) is 3.75. The van der Waals surface area contributed by atoms with E-state index in [1.807, 2.05) is 30.6 Å². The second kappa shape index (κ2) is 5.69. The number of thiophene rings is 1. The molecule has 1 heterocycles. The minimum atomic E-state index is -0.0235. The number of nitrogen functional groups attached to an aromatic ring is 1. The van der Waals surface area contributed by atoms with Crippen molar-refractivity contribution in [3.05, 3.63) is 52.2 Å². The Morgan fingerprint density at radius 1 is 1.28 bits per heavy atom. The Bertz CT molecular complexity index is 522. The summed E-state index contributed by atoms with van der Waals surface area (Å²) in [5.74, 6) is -0.0235. The van der Waals surface area contributed by atoms with Gasteiger partial charge in [-0.05, 0) is 30.0 Å². The molecule has 0 atom stereocenters. The average Bonchev–Trinajstić information content (AvgIpc) is 2.89. The molecule has 2 N–H and O–H groups in total. The molecule has 2 aromatic rings. The van der Waals surface area contributed by atoms with Crippen molar-refractivity contribution >= 4 is 22.9 Å². The smallest absolute Gasteiger partial charge is 0.255 e. The molecule has 0 fully saturated rings. The van der Waals surface area contributed by atoms with Gasteiger partial charge in [-0.1, -0.05) is 18.2 Å². The Labute approximate surface area is 111 Å². The van der Waals surface area contributed by atoms with Gasteiger partial charge in [-0.2, -0.15) is 0 Å². The van der Waals surface area contributed by atoms with Gasteiger partial charge >= 0.3 is 0 Å². The Hall–Kier alpha value is -1.81. The number of benzene rings is 1. The molecule has 0 saturated carbocycles. The van der Waals surface area contributed by atoms with Gasteiger partial charge in [0.05, 0.1) is 5.56 Å². The first kappa shape index (κ1) is 12.6. The van der Waals surface area contributed by atoms with Gasteiger partial charge in [0, 0.05) is 24.2 Å². The SMILES string of the molecule is CN(CCc1cccs1)C(=O)c1ccccc1N. The number of amides is 1. The maximum Gasteiger partial charge on any atom is 0.255 e. The Morgan fingerprint density at radius 3 is 2.72 bits per heavy atom. The zero-order valence-corrected chi connectivity index (χ0v) is 11.1. The molecule has 0 aliphatic heterocycles. The molecule has 18 heavy (non-hydrogen) atoms. The highest BCUT2D eigenvalue weighted by Gasteiger charge is 2.13. The van der Waals surface area contributed by atoms with Crippen LogP contribution >= 0.6 is 11.3 Å². The molecule has 0 bridgehead atoms. The average molecular weight is 260 g/mol. The lowest BCUT2D eigenvalue weighted by Gasteiger charge is -2.17. The van der Waals surface area contributed by atoms with Crippen LogP contribution in [0.5, 0.6) is 0 Å². The second-order valence-electron chi connectivity index (χ2n) is 4.14. The third-order valence-electron chi connectivity index (χ3n) is 2.81. The number of nitrogens with zero attached hydrogens (tertiary/aromatic N) is 1. The first-order valence-electron chi connectivity index (χ1n) is 5.81. The lowest BCUT2D eigenvalue weighted by Crippen LogP contribution is -2.29. The number of likely N-dealkylation sites (N-methyl/N-ethyl adjacent to an activating group) is 1. The van der Waals surface area contributed by atoms with Crippen LogP contribution in [-0.2, 0) is 6.42 Å². The van der Waals surface area contributed by atoms with Crippen molar-refractivity contribution in [1.82, 2.24) is 4.90 Å². The first-order chi connectivity index (χ1) is 8.68. The van der Waals surface area contributed by atoms with E-state index in [-0.39, 0.29) is 5.91 Å². The van der Waals surface area contributed by atoms with E-state index < -0.39 is 0 Å². The quantitative estimate of drug-likeness (QED) is 0.859. The van der Waals surface area contributed by atoms with Crippen molar-refractivity contribution in [2.75, 3.05) is 19.3 Å². The van der Waals surface area contributed by atoms with Gasteiger partial charge in [0.15, 0.2) is 0 Å². The van der Waals surface area contributed by atoms with Gasteiger partial charge in [0.25, 0.3) is 5.91 Å². The normalized spacial score (nSPS) is 10.3. The van der Waals surface area contributed by atoms with Crippen LogP contribution in [0.1, 0.15) is 15.2 Å². The molecule has 1 aromatic carbocycles. The van der Waals surface area contributed by atoms with Crippen LogP contribution in [0.3, 0.4) is 0 Å². The minimum absolute atomic E-state index is 0.0235. The highest BCUT2D eigenvalue weighted by molar-refractivity contribution is 7.09. The van der Waals surface area contributed by atoms with Crippen molar-refractivity contribution in [2.45, 2.75) is 6.42 Å². The zero-order chi connectivity index (χ0) is 13.0. The number of nitrogens with two attached hydrogens (primary N) is 1. The van der Waals surface area contributed by atoms with E-state index in [4.69, 9.17) is 5.73 Å². The lowest BCUT2D eigenvalue weighted by atomic mass is 10.1. The maximum atomic E-state index is 12.2. The number of anilines is 1. The van der Waals surface area contributed by atoms with Crippen molar-refractivity contribution in [2.24, 2.45) is 0 Å². The van der Waals surface area contributed by atoms with E-state index in [1.54, 1.807) is 28.4 Å². The fraction of sp³-hybridized carbons (Fsp3) is 0.214. The standard InChI is InChI=1S/C14H16N2OS/c1-16(9-8-11-5-4-10-18-11)14(17)12-6-2-3-7-13(12)15/h2-7,10H,8-9,15H2,1H3. The summed E-state index contributed by atoms with van der Waals surface area (Å²) in [4.78, 5) is 15.2. The van der Waals surface area contributed by atoms with Gasteiger partial charge in [-0.3, -0.25) is 4.79 Å². The molecule has 0 spiro atoms. The Kier molecular flexibility index (Phi) is 3.99. The molecule has 1 amide bonds. The number of para-hydroxylation sites is 1. The number of rotatable bonds is 4. The summed E-state index contributed by atoms with van der Waals surface area (Å²) in [6.45, 7) is 0.702. The van der Waals surface area contributed by atoms with E-state index in [1.165, 1.54) is 4.88 Å². The van der Waals surface area contributed by atoms with Crippen LogP contribution in [0.15, 0.2) is 41.8 Å². The minimum Gasteiger partial charge on any atom is -0.398 e. The summed E-state index contributed by atoms with van der Waals surface area (Å²) in [6.07, 6.45) is 0.882. The molecular formula is C14H16N2OS. The van der Waals surface area contributed by atoms with Crippen LogP contribution in [0.4, 0.5) is 5.69 Å². The van der Waals surface area contributed by atoms with Crippen molar-refractivity contribution < 1.29 is 4.79 Å². The van der Waals surface area contributed by atoms with E-state index >= 15 is 0 Å². The second-order valence-corrected chi connectivity index (χ2v) is 5.18.